The van der Waals surface area contributed by atoms with Crippen LogP contribution in [0.2, 0.25) is 0 Å². The second kappa shape index (κ2) is 4.72. The Labute approximate surface area is 138 Å². The average molecular weight is 351 g/mol. The highest BCUT2D eigenvalue weighted by Gasteiger charge is 2.42. The molecule has 0 radical (unpaired) electrons. The second-order valence-electron chi connectivity index (χ2n) is 5.86. The van der Waals surface area contributed by atoms with Crippen molar-refractivity contribution in [2.24, 2.45) is 0 Å². The van der Waals surface area contributed by atoms with Crippen LogP contribution in [0.15, 0.2) is 71.2 Å². The molecule has 3 aromatic rings. The van der Waals surface area contributed by atoms with E-state index in [1.54, 1.807) is 0 Å². The molecule has 108 valence electrons. The van der Waals surface area contributed by atoms with Crippen LogP contribution in [0.4, 0.5) is 0 Å². The molecule has 0 spiro atoms. The Bertz CT molecular complexity index is 870. The van der Waals surface area contributed by atoms with Gasteiger partial charge in [0.05, 0.1) is 4.47 Å². The minimum Gasteiger partial charge on any atom is -0.506 e. The molecule has 0 saturated carbocycles. The van der Waals surface area contributed by atoms with Crippen LogP contribution in [0.25, 0.3) is 11.1 Å². The van der Waals surface area contributed by atoms with Crippen molar-refractivity contribution in [2.45, 2.75) is 12.3 Å². The molecule has 1 atom stereocenters. The third-order valence-electron chi connectivity index (χ3n) is 4.75. The molecule has 1 unspecified atom stereocenters. The van der Waals surface area contributed by atoms with Crippen molar-refractivity contribution in [1.29, 1.82) is 0 Å². The van der Waals surface area contributed by atoms with E-state index in [0.717, 1.165) is 21.2 Å². The number of halogens is 1. The van der Waals surface area contributed by atoms with Gasteiger partial charge in [0.25, 0.3) is 0 Å². The van der Waals surface area contributed by atoms with Gasteiger partial charge in [0.2, 0.25) is 0 Å². The highest BCUT2D eigenvalue weighted by Crippen LogP contribution is 2.56. The summed E-state index contributed by atoms with van der Waals surface area (Å²) in [4.78, 5) is 0. The normalized spacial score (nSPS) is 18.8. The minimum absolute atomic E-state index is 0.245. The van der Waals surface area contributed by atoms with Gasteiger partial charge in [-0.1, -0.05) is 60.7 Å². The zero-order valence-corrected chi connectivity index (χ0v) is 13.8. The highest BCUT2D eigenvalue weighted by atomic mass is 79.9. The molecule has 0 saturated heterocycles. The fourth-order valence-corrected chi connectivity index (χ4v) is 3.95. The number of phenolic OH excluding ortho intramolecular Hbond substituents is 1. The van der Waals surface area contributed by atoms with Gasteiger partial charge in [-0.3, -0.25) is 0 Å². The lowest BCUT2D eigenvalue weighted by Crippen LogP contribution is -2.22. The van der Waals surface area contributed by atoms with E-state index in [9.17, 15) is 5.11 Å². The van der Waals surface area contributed by atoms with E-state index in [1.165, 1.54) is 11.1 Å². The molecule has 4 rings (SSSR count). The molecule has 1 nitrogen and oxygen atoms in total. The van der Waals surface area contributed by atoms with Crippen molar-refractivity contribution in [1.82, 2.24) is 0 Å². The first-order chi connectivity index (χ1) is 10.6. The van der Waals surface area contributed by atoms with Crippen LogP contribution in [-0.4, -0.2) is 5.11 Å². The lowest BCUT2D eigenvalue weighted by molar-refractivity contribution is 0.473. The summed E-state index contributed by atoms with van der Waals surface area (Å²) < 4.78 is 0.735. The van der Waals surface area contributed by atoms with Crippen molar-refractivity contribution in [3.8, 4) is 16.9 Å². The summed E-state index contributed by atoms with van der Waals surface area (Å²) in [6, 6.07) is 22.9. The maximum atomic E-state index is 10.6. The Kier molecular flexibility index (Phi) is 2.92. The topological polar surface area (TPSA) is 20.2 Å². The van der Waals surface area contributed by atoms with E-state index in [4.69, 9.17) is 0 Å². The van der Waals surface area contributed by atoms with Gasteiger partial charge in [0.15, 0.2) is 0 Å². The largest absolute Gasteiger partial charge is 0.506 e. The number of rotatable bonds is 1. The fraction of sp³-hybridized carbons (Fsp3) is 0.100. The predicted octanol–water partition coefficient (Wildman–Crippen LogP) is 5.49. The molecule has 0 bridgehead atoms. The van der Waals surface area contributed by atoms with Gasteiger partial charge in [-0.05, 0) is 51.2 Å². The highest BCUT2D eigenvalue weighted by molar-refractivity contribution is 9.10. The molecule has 2 heteroatoms. The first-order valence-corrected chi connectivity index (χ1v) is 8.10. The monoisotopic (exact) mass is 350 g/mol. The van der Waals surface area contributed by atoms with E-state index in [1.807, 2.05) is 18.2 Å². The molecule has 1 N–H and O–H groups in total. The Hall–Kier alpha value is -2.06. The minimum atomic E-state index is -0.245. The first kappa shape index (κ1) is 13.6. The van der Waals surface area contributed by atoms with Crippen molar-refractivity contribution in [2.75, 3.05) is 0 Å². The Balaban J connectivity index is 2.13. The third kappa shape index (κ3) is 1.65. The molecule has 22 heavy (non-hydrogen) atoms. The van der Waals surface area contributed by atoms with E-state index in [0.29, 0.717) is 5.75 Å². The Morgan fingerprint density at radius 3 is 2.27 bits per heavy atom. The van der Waals surface area contributed by atoms with Gasteiger partial charge in [-0.25, -0.2) is 0 Å². The SMILES string of the molecule is CC1(c2ccccc2)c2ccccc2-c2c1ccc(Br)c2O. The number of phenols is 1. The van der Waals surface area contributed by atoms with E-state index < -0.39 is 0 Å². The van der Waals surface area contributed by atoms with Crippen LogP contribution < -0.4 is 0 Å². The van der Waals surface area contributed by atoms with E-state index in [2.05, 4.69) is 71.4 Å². The van der Waals surface area contributed by atoms with Gasteiger partial charge in [-0.2, -0.15) is 0 Å². The summed E-state index contributed by atoms with van der Waals surface area (Å²) in [5.41, 5.74) is 5.44. The van der Waals surface area contributed by atoms with Gasteiger partial charge in [0, 0.05) is 11.0 Å². The Morgan fingerprint density at radius 1 is 0.818 bits per heavy atom. The third-order valence-corrected chi connectivity index (χ3v) is 5.39. The molecule has 0 fully saturated rings. The zero-order chi connectivity index (χ0) is 15.3. The van der Waals surface area contributed by atoms with Crippen LogP contribution in [-0.2, 0) is 5.41 Å². The molecule has 0 aliphatic heterocycles. The summed E-state index contributed by atoms with van der Waals surface area (Å²) in [6.45, 7) is 2.24. The van der Waals surface area contributed by atoms with Crippen molar-refractivity contribution < 1.29 is 5.11 Å². The van der Waals surface area contributed by atoms with Crippen LogP contribution >= 0.6 is 15.9 Å². The number of hydrogen-bond donors (Lipinski definition) is 1. The second-order valence-corrected chi connectivity index (χ2v) is 6.71. The number of benzene rings is 3. The molecule has 1 aliphatic carbocycles. The average Bonchev–Trinajstić information content (AvgIpc) is 2.83. The lowest BCUT2D eigenvalue weighted by Gasteiger charge is -2.28. The summed E-state index contributed by atoms with van der Waals surface area (Å²) in [6.07, 6.45) is 0. The molecule has 0 heterocycles. The van der Waals surface area contributed by atoms with Gasteiger partial charge >= 0.3 is 0 Å². The smallest absolute Gasteiger partial charge is 0.137 e. The molecule has 0 amide bonds. The van der Waals surface area contributed by atoms with Crippen molar-refractivity contribution in [3.63, 3.8) is 0 Å². The van der Waals surface area contributed by atoms with Gasteiger partial charge in [-0.15, -0.1) is 0 Å². The Morgan fingerprint density at radius 2 is 1.50 bits per heavy atom. The van der Waals surface area contributed by atoms with E-state index in [-0.39, 0.29) is 5.41 Å². The van der Waals surface area contributed by atoms with Crippen LogP contribution in [0.1, 0.15) is 23.6 Å². The maximum Gasteiger partial charge on any atom is 0.137 e. The van der Waals surface area contributed by atoms with Crippen molar-refractivity contribution in [3.05, 3.63) is 87.9 Å². The molecular formula is C20H15BrO. The summed E-state index contributed by atoms with van der Waals surface area (Å²) >= 11 is 3.44. The summed E-state index contributed by atoms with van der Waals surface area (Å²) in [5.74, 6) is 0.324. The number of hydrogen-bond acceptors (Lipinski definition) is 1. The quantitative estimate of drug-likeness (QED) is 0.615. The standard InChI is InChI=1S/C20H15BrO/c1-20(13-7-3-2-4-8-13)15-10-6-5-9-14(15)18-16(20)11-12-17(21)19(18)22/h2-12,22H,1H3. The van der Waals surface area contributed by atoms with Gasteiger partial charge in [0.1, 0.15) is 5.75 Å². The van der Waals surface area contributed by atoms with Gasteiger partial charge < -0.3 is 5.11 Å². The molecule has 0 aromatic heterocycles. The molecule has 1 aliphatic rings. The lowest BCUT2D eigenvalue weighted by atomic mass is 9.74. The van der Waals surface area contributed by atoms with Crippen LogP contribution in [0, 0.1) is 0 Å². The zero-order valence-electron chi connectivity index (χ0n) is 12.2. The maximum absolute atomic E-state index is 10.6. The van der Waals surface area contributed by atoms with E-state index >= 15 is 0 Å². The summed E-state index contributed by atoms with van der Waals surface area (Å²) in [5, 5.41) is 10.6. The fourth-order valence-electron chi connectivity index (χ4n) is 3.62. The molecular weight excluding hydrogens is 336 g/mol. The van der Waals surface area contributed by atoms with Crippen LogP contribution in [0.3, 0.4) is 0 Å². The summed E-state index contributed by atoms with van der Waals surface area (Å²) in [7, 11) is 0. The molecule has 3 aromatic carbocycles. The first-order valence-electron chi connectivity index (χ1n) is 7.31. The van der Waals surface area contributed by atoms with Crippen molar-refractivity contribution >= 4 is 15.9 Å². The predicted molar refractivity (Wildman–Crippen MR) is 93.2 cm³/mol. The number of aromatic hydroxyl groups is 1. The number of fused-ring (bicyclic) bond motifs is 3. The van der Waals surface area contributed by atoms with Crippen LogP contribution in [0.5, 0.6) is 5.75 Å².